The van der Waals surface area contributed by atoms with Crippen molar-refractivity contribution in [2.24, 2.45) is 0 Å². The summed E-state index contributed by atoms with van der Waals surface area (Å²) in [6.07, 6.45) is -4.89. The summed E-state index contributed by atoms with van der Waals surface area (Å²) in [7, 11) is 0. The van der Waals surface area contributed by atoms with E-state index < -0.39 is 24.3 Å². The van der Waals surface area contributed by atoms with Crippen molar-refractivity contribution in [3.63, 3.8) is 0 Å². The molecule has 1 fully saturated rings. The second kappa shape index (κ2) is 3.17. The molecule has 0 saturated carbocycles. The number of amides is 1. The first kappa shape index (κ1) is 10.3. The van der Waals surface area contributed by atoms with Gasteiger partial charge >= 0.3 is 6.18 Å². The SMILES string of the molecule is CC1NCC(=O)N1C(C)C(F)(F)F. The molecule has 2 unspecified atom stereocenters. The molecule has 1 aliphatic heterocycles. The van der Waals surface area contributed by atoms with Crippen LogP contribution < -0.4 is 5.32 Å². The number of halogens is 3. The third kappa shape index (κ3) is 1.93. The number of hydrogen-bond donors (Lipinski definition) is 1. The van der Waals surface area contributed by atoms with Gasteiger partial charge in [-0.25, -0.2) is 0 Å². The number of carbonyl (C=O) groups is 1. The van der Waals surface area contributed by atoms with E-state index in [9.17, 15) is 18.0 Å². The Morgan fingerprint density at radius 3 is 2.46 bits per heavy atom. The highest BCUT2D eigenvalue weighted by atomic mass is 19.4. The molecule has 6 heteroatoms. The summed E-state index contributed by atoms with van der Waals surface area (Å²) >= 11 is 0. The molecule has 1 rings (SSSR count). The zero-order valence-electron chi connectivity index (χ0n) is 7.35. The van der Waals surface area contributed by atoms with Gasteiger partial charge in [0.2, 0.25) is 5.91 Å². The minimum Gasteiger partial charge on any atom is -0.315 e. The quantitative estimate of drug-likeness (QED) is 0.670. The van der Waals surface area contributed by atoms with E-state index >= 15 is 0 Å². The van der Waals surface area contributed by atoms with Gasteiger partial charge in [-0.1, -0.05) is 0 Å². The van der Waals surface area contributed by atoms with E-state index in [1.807, 2.05) is 0 Å². The minimum absolute atomic E-state index is 0.0123. The highest BCUT2D eigenvalue weighted by Gasteiger charge is 2.45. The Balaban J connectivity index is 2.76. The van der Waals surface area contributed by atoms with E-state index in [1.165, 1.54) is 6.92 Å². The summed E-state index contributed by atoms with van der Waals surface area (Å²) < 4.78 is 36.7. The lowest BCUT2D eigenvalue weighted by Crippen LogP contribution is -2.48. The molecule has 1 amide bonds. The van der Waals surface area contributed by atoms with Crippen LogP contribution in [0.15, 0.2) is 0 Å². The van der Waals surface area contributed by atoms with Crippen LogP contribution in [0.1, 0.15) is 13.8 Å². The van der Waals surface area contributed by atoms with Crippen molar-refractivity contribution < 1.29 is 18.0 Å². The lowest BCUT2D eigenvalue weighted by molar-refractivity contribution is -0.186. The maximum Gasteiger partial charge on any atom is 0.408 e. The fraction of sp³-hybridized carbons (Fsp3) is 0.857. The summed E-state index contributed by atoms with van der Waals surface area (Å²) in [5, 5.41) is 2.65. The highest BCUT2D eigenvalue weighted by Crippen LogP contribution is 2.26. The summed E-state index contributed by atoms with van der Waals surface area (Å²) in [4.78, 5) is 11.9. The Kier molecular flexibility index (Phi) is 2.51. The van der Waals surface area contributed by atoms with Crippen molar-refractivity contribution in [3.8, 4) is 0 Å². The molecule has 0 aliphatic carbocycles. The van der Waals surface area contributed by atoms with Crippen molar-refractivity contribution >= 4 is 5.91 Å². The fourth-order valence-electron chi connectivity index (χ4n) is 1.35. The van der Waals surface area contributed by atoms with Gasteiger partial charge in [0.05, 0.1) is 12.7 Å². The molecule has 2 atom stereocenters. The third-order valence-electron chi connectivity index (χ3n) is 2.14. The molecule has 0 bridgehead atoms. The van der Waals surface area contributed by atoms with Crippen LogP contribution in [0.4, 0.5) is 13.2 Å². The Bertz CT molecular complexity index is 216. The van der Waals surface area contributed by atoms with Crippen molar-refractivity contribution in [2.45, 2.75) is 32.2 Å². The first-order valence-corrected chi connectivity index (χ1v) is 3.95. The topological polar surface area (TPSA) is 32.3 Å². The highest BCUT2D eigenvalue weighted by molar-refractivity contribution is 5.80. The molecule has 1 N–H and O–H groups in total. The molecule has 13 heavy (non-hydrogen) atoms. The van der Waals surface area contributed by atoms with Crippen molar-refractivity contribution in [3.05, 3.63) is 0 Å². The number of rotatable bonds is 1. The normalized spacial score (nSPS) is 26.7. The second-order valence-electron chi connectivity index (χ2n) is 3.08. The summed E-state index contributed by atoms with van der Waals surface area (Å²) in [5.41, 5.74) is 0. The van der Waals surface area contributed by atoms with E-state index in [4.69, 9.17) is 0 Å². The number of nitrogens with one attached hydrogen (secondary N) is 1. The van der Waals surface area contributed by atoms with E-state index in [0.717, 1.165) is 11.8 Å². The van der Waals surface area contributed by atoms with E-state index in [-0.39, 0.29) is 6.54 Å². The van der Waals surface area contributed by atoms with E-state index in [0.29, 0.717) is 0 Å². The van der Waals surface area contributed by atoms with Crippen LogP contribution in [-0.4, -0.2) is 35.7 Å². The maximum atomic E-state index is 12.2. The predicted octanol–water partition coefficient (Wildman–Crippen LogP) is 0.715. The average molecular weight is 196 g/mol. The molecule has 3 nitrogen and oxygen atoms in total. The summed E-state index contributed by atoms with van der Waals surface area (Å²) in [6.45, 7) is 2.51. The summed E-state index contributed by atoms with van der Waals surface area (Å²) in [5.74, 6) is -0.502. The monoisotopic (exact) mass is 196 g/mol. The molecule has 0 radical (unpaired) electrons. The van der Waals surface area contributed by atoms with Gasteiger partial charge in [0, 0.05) is 0 Å². The van der Waals surface area contributed by atoms with Crippen LogP contribution in [-0.2, 0) is 4.79 Å². The van der Waals surface area contributed by atoms with Crippen LogP contribution in [0, 0.1) is 0 Å². The lowest BCUT2D eigenvalue weighted by Gasteiger charge is -2.29. The Morgan fingerprint density at radius 2 is 2.15 bits per heavy atom. The number of hydrogen-bond acceptors (Lipinski definition) is 2. The average Bonchev–Trinajstić information content (AvgIpc) is 2.28. The van der Waals surface area contributed by atoms with Gasteiger partial charge in [-0.3, -0.25) is 10.1 Å². The zero-order chi connectivity index (χ0) is 10.2. The molecule has 1 heterocycles. The van der Waals surface area contributed by atoms with Crippen molar-refractivity contribution in [2.75, 3.05) is 6.54 Å². The zero-order valence-corrected chi connectivity index (χ0v) is 7.35. The van der Waals surface area contributed by atoms with Gasteiger partial charge < -0.3 is 4.90 Å². The second-order valence-corrected chi connectivity index (χ2v) is 3.08. The molecule has 1 aliphatic rings. The van der Waals surface area contributed by atoms with Crippen LogP contribution in [0.25, 0.3) is 0 Å². The molecule has 0 aromatic heterocycles. The number of carbonyl (C=O) groups excluding carboxylic acids is 1. The molecule has 76 valence electrons. The van der Waals surface area contributed by atoms with E-state index in [1.54, 1.807) is 0 Å². The van der Waals surface area contributed by atoms with Crippen LogP contribution in [0.5, 0.6) is 0 Å². The van der Waals surface area contributed by atoms with E-state index in [2.05, 4.69) is 5.32 Å². The Labute approximate surface area is 73.9 Å². The first-order valence-electron chi connectivity index (χ1n) is 3.95. The Hall–Kier alpha value is -0.780. The number of alkyl halides is 3. The minimum atomic E-state index is -4.35. The van der Waals surface area contributed by atoms with Crippen LogP contribution in [0.3, 0.4) is 0 Å². The van der Waals surface area contributed by atoms with Gasteiger partial charge in [0.1, 0.15) is 6.04 Å². The van der Waals surface area contributed by atoms with Crippen molar-refractivity contribution in [1.29, 1.82) is 0 Å². The van der Waals surface area contributed by atoms with Gasteiger partial charge in [-0.05, 0) is 13.8 Å². The summed E-state index contributed by atoms with van der Waals surface area (Å²) in [6, 6.07) is -1.72. The van der Waals surface area contributed by atoms with Gasteiger partial charge in [-0.2, -0.15) is 13.2 Å². The third-order valence-corrected chi connectivity index (χ3v) is 2.14. The Morgan fingerprint density at radius 1 is 1.62 bits per heavy atom. The smallest absolute Gasteiger partial charge is 0.315 e. The van der Waals surface area contributed by atoms with Crippen molar-refractivity contribution in [1.82, 2.24) is 10.2 Å². The lowest BCUT2D eigenvalue weighted by atomic mass is 10.2. The van der Waals surface area contributed by atoms with Crippen LogP contribution in [0.2, 0.25) is 0 Å². The van der Waals surface area contributed by atoms with Gasteiger partial charge in [0.25, 0.3) is 0 Å². The van der Waals surface area contributed by atoms with Gasteiger partial charge in [0.15, 0.2) is 0 Å². The molecule has 1 saturated heterocycles. The fourth-order valence-corrected chi connectivity index (χ4v) is 1.35. The molecule has 0 aromatic rings. The van der Waals surface area contributed by atoms with Crippen LogP contribution >= 0.6 is 0 Å². The number of nitrogens with zero attached hydrogens (tertiary/aromatic N) is 1. The predicted molar refractivity (Wildman–Crippen MR) is 39.8 cm³/mol. The molecule has 0 aromatic carbocycles. The maximum absolute atomic E-state index is 12.2. The van der Waals surface area contributed by atoms with Gasteiger partial charge in [-0.15, -0.1) is 0 Å². The molecular formula is C7H11F3N2O. The standard InChI is InChI=1S/C7H11F3N2O/c1-4(7(8,9)10)12-5(2)11-3-6(12)13/h4-5,11H,3H2,1-2H3. The molecule has 0 spiro atoms. The largest absolute Gasteiger partial charge is 0.408 e. The molecular weight excluding hydrogens is 185 g/mol. The first-order chi connectivity index (χ1) is 5.84.